The molecule has 0 saturated carbocycles. The lowest BCUT2D eigenvalue weighted by molar-refractivity contribution is 0.0432. The van der Waals surface area contributed by atoms with Crippen LogP contribution in [0.25, 0.3) is 0 Å². The zero-order valence-electron chi connectivity index (χ0n) is 16.4. The second kappa shape index (κ2) is 9.80. The number of aliphatic hydroxyl groups excluding tert-OH is 1. The SMILES string of the molecule is CC1=C(OC(=O)OCCO)C(c2ccccc2)C(OC(=O)OC(C)C)=C(C)N1. The van der Waals surface area contributed by atoms with Gasteiger partial charge in [-0.1, -0.05) is 30.3 Å². The Balaban J connectivity index is 2.38. The molecule has 0 saturated heterocycles. The number of hydrogen-bond acceptors (Lipinski definition) is 8. The van der Waals surface area contributed by atoms with Gasteiger partial charge in [-0.3, -0.25) is 0 Å². The van der Waals surface area contributed by atoms with Gasteiger partial charge in [-0.2, -0.15) is 0 Å². The van der Waals surface area contributed by atoms with Crippen molar-refractivity contribution in [2.75, 3.05) is 13.2 Å². The first kappa shape index (κ1) is 21.3. The Morgan fingerprint density at radius 2 is 1.61 bits per heavy atom. The fourth-order valence-electron chi connectivity index (χ4n) is 2.73. The number of benzene rings is 1. The highest BCUT2D eigenvalue weighted by Crippen LogP contribution is 2.39. The number of ether oxygens (including phenoxy) is 4. The van der Waals surface area contributed by atoms with Crippen molar-refractivity contribution in [1.82, 2.24) is 5.32 Å². The third-order valence-electron chi connectivity index (χ3n) is 3.80. The first-order chi connectivity index (χ1) is 13.3. The van der Waals surface area contributed by atoms with Crippen LogP contribution < -0.4 is 5.32 Å². The van der Waals surface area contributed by atoms with E-state index in [1.807, 2.05) is 30.3 Å². The van der Waals surface area contributed by atoms with Crippen LogP contribution in [0.5, 0.6) is 0 Å². The van der Waals surface area contributed by atoms with Gasteiger partial charge in [-0.25, -0.2) is 9.59 Å². The average molecular weight is 391 g/mol. The predicted molar refractivity (Wildman–Crippen MR) is 99.9 cm³/mol. The van der Waals surface area contributed by atoms with E-state index in [-0.39, 0.29) is 30.8 Å². The highest BCUT2D eigenvalue weighted by Gasteiger charge is 2.35. The topological polar surface area (TPSA) is 103 Å². The molecule has 28 heavy (non-hydrogen) atoms. The minimum Gasteiger partial charge on any atom is -0.432 e. The molecule has 0 aliphatic carbocycles. The summed E-state index contributed by atoms with van der Waals surface area (Å²) in [7, 11) is 0. The van der Waals surface area contributed by atoms with Crippen molar-refractivity contribution in [3.8, 4) is 0 Å². The minimum atomic E-state index is -0.963. The van der Waals surface area contributed by atoms with Crippen LogP contribution in [0.15, 0.2) is 53.2 Å². The van der Waals surface area contributed by atoms with E-state index < -0.39 is 18.2 Å². The summed E-state index contributed by atoms with van der Waals surface area (Å²) in [6.07, 6.45) is -2.16. The maximum absolute atomic E-state index is 12.1. The predicted octanol–water partition coefficient (Wildman–Crippen LogP) is 3.54. The van der Waals surface area contributed by atoms with Crippen molar-refractivity contribution in [2.24, 2.45) is 0 Å². The van der Waals surface area contributed by atoms with Crippen LogP contribution in [0.1, 0.15) is 39.2 Å². The third-order valence-corrected chi connectivity index (χ3v) is 3.80. The molecule has 0 aromatic heterocycles. The van der Waals surface area contributed by atoms with Gasteiger partial charge in [0.05, 0.1) is 24.1 Å². The van der Waals surface area contributed by atoms with E-state index >= 15 is 0 Å². The van der Waals surface area contributed by atoms with Crippen LogP contribution in [-0.2, 0) is 18.9 Å². The largest absolute Gasteiger partial charge is 0.513 e. The summed E-state index contributed by atoms with van der Waals surface area (Å²) in [4.78, 5) is 24.1. The van der Waals surface area contributed by atoms with E-state index in [2.05, 4.69) is 5.32 Å². The van der Waals surface area contributed by atoms with Gasteiger partial charge in [0.1, 0.15) is 24.0 Å². The van der Waals surface area contributed by atoms with Crippen LogP contribution in [0.2, 0.25) is 0 Å². The number of carbonyl (C=O) groups is 2. The van der Waals surface area contributed by atoms with Gasteiger partial charge in [-0.05, 0) is 33.3 Å². The van der Waals surface area contributed by atoms with E-state index in [1.165, 1.54) is 0 Å². The quantitative estimate of drug-likeness (QED) is 0.710. The molecule has 2 rings (SSSR count). The van der Waals surface area contributed by atoms with E-state index in [1.54, 1.807) is 27.7 Å². The van der Waals surface area contributed by atoms with Crippen molar-refractivity contribution in [1.29, 1.82) is 0 Å². The molecular weight excluding hydrogens is 366 g/mol. The molecule has 0 fully saturated rings. The third kappa shape index (κ3) is 5.50. The highest BCUT2D eigenvalue weighted by molar-refractivity contribution is 5.65. The summed E-state index contributed by atoms with van der Waals surface area (Å²) >= 11 is 0. The molecule has 1 aromatic rings. The number of hydrogen-bond donors (Lipinski definition) is 2. The van der Waals surface area contributed by atoms with Gasteiger partial charge in [0.15, 0.2) is 0 Å². The molecule has 8 heteroatoms. The molecule has 0 bridgehead atoms. The number of dihydropyridines is 1. The first-order valence-electron chi connectivity index (χ1n) is 8.91. The molecule has 1 atom stereocenters. The second-order valence-electron chi connectivity index (χ2n) is 6.39. The Labute approximate surface area is 163 Å². The van der Waals surface area contributed by atoms with Crippen molar-refractivity contribution in [2.45, 2.75) is 39.7 Å². The zero-order chi connectivity index (χ0) is 20.7. The van der Waals surface area contributed by atoms with E-state index in [0.29, 0.717) is 11.4 Å². The Morgan fingerprint density at radius 3 is 2.14 bits per heavy atom. The van der Waals surface area contributed by atoms with E-state index in [4.69, 9.17) is 24.1 Å². The van der Waals surface area contributed by atoms with Crippen molar-refractivity contribution in [3.05, 3.63) is 58.8 Å². The number of rotatable bonds is 6. The molecule has 1 heterocycles. The fraction of sp³-hybridized carbons (Fsp3) is 0.400. The standard InChI is InChI=1S/C20H25NO7/c1-12(2)26-20(24)28-18-14(4)21-13(3)17(27-19(23)25-11-10-22)16(18)15-8-6-5-7-9-15/h5-9,12,16,21-22H,10-11H2,1-4H3. The molecular formula is C20H25NO7. The Bertz CT molecular complexity index is 768. The van der Waals surface area contributed by atoms with E-state index in [9.17, 15) is 9.59 Å². The Hall–Kier alpha value is -3.00. The van der Waals surface area contributed by atoms with Crippen molar-refractivity contribution < 1.29 is 33.6 Å². The first-order valence-corrected chi connectivity index (χ1v) is 8.91. The monoisotopic (exact) mass is 391 g/mol. The normalized spacial score (nSPS) is 16.6. The fourth-order valence-corrected chi connectivity index (χ4v) is 2.73. The van der Waals surface area contributed by atoms with Gasteiger partial charge in [-0.15, -0.1) is 0 Å². The van der Waals surface area contributed by atoms with Gasteiger partial charge in [0.25, 0.3) is 0 Å². The van der Waals surface area contributed by atoms with Crippen LogP contribution in [-0.4, -0.2) is 36.7 Å². The lowest BCUT2D eigenvalue weighted by atomic mass is 9.90. The molecule has 152 valence electrons. The lowest BCUT2D eigenvalue weighted by Gasteiger charge is -2.30. The molecule has 1 aliphatic heterocycles. The molecule has 0 spiro atoms. The number of aliphatic hydroxyl groups is 1. The molecule has 2 N–H and O–H groups in total. The van der Waals surface area contributed by atoms with Crippen LogP contribution >= 0.6 is 0 Å². The molecule has 1 aromatic carbocycles. The number of carbonyl (C=O) groups excluding carboxylic acids is 2. The van der Waals surface area contributed by atoms with Crippen molar-refractivity contribution in [3.63, 3.8) is 0 Å². The van der Waals surface area contributed by atoms with Gasteiger partial charge in [0.2, 0.25) is 0 Å². The number of allylic oxidation sites excluding steroid dienone is 2. The maximum Gasteiger partial charge on any atom is 0.513 e. The summed E-state index contributed by atoms with van der Waals surface area (Å²) in [5, 5.41) is 11.9. The summed E-state index contributed by atoms with van der Waals surface area (Å²) in [5.41, 5.74) is 1.90. The second-order valence-corrected chi connectivity index (χ2v) is 6.39. The van der Waals surface area contributed by atoms with Crippen LogP contribution in [0.4, 0.5) is 9.59 Å². The highest BCUT2D eigenvalue weighted by atomic mass is 16.7. The summed E-state index contributed by atoms with van der Waals surface area (Å²) in [5.74, 6) is -0.177. The molecule has 1 unspecified atom stereocenters. The minimum absolute atomic E-state index is 0.187. The summed E-state index contributed by atoms with van der Waals surface area (Å²) in [6, 6.07) is 9.16. The van der Waals surface area contributed by atoms with Gasteiger partial charge in [0, 0.05) is 0 Å². The average Bonchev–Trinajstić information content (AvgIpc) is 2.64. The van der Waals surface area contributed by atoms with Crippen LogP contribution in [0.3, 0.4) is 0 Å². The molecule has 8 nitrogen and oxygen atoms in total. The van der Waals surface area contributed by atoms with Gasteiger partial charge < -0.3 is 29.4 Å². The Morgan fingerprint density at radius 1 is 1.04 bits per heavy atom. The smallest absolute Gasteiger partial charge is 0.432 e. The Kier molecular flexibility index (Phi) is 7.45. The van der Waals surface area contributed by atoms with Gasteiger partial charge >= 0.3 is 12.3 Å². The molecule has 0 radical (unpaired) electrons. The zero-order valence-corrected chi connectivity index (χ0v) is 16.4. The van der Waals surface area contributed by atoms with Crippen LogP contribution in [0, 0.1) is 0 Å². The maximum atomic E-state index is 12.1. The number of nitrogens with one attached hydrogen (secondary N) is 1. The van der Waals surface area contributed by atoms with E-state index in [0.717, 1.165) is 5.56 Å². The van der Waals surface area contributed by atoms with Crippen molar-refractivity contribution >= 4 is 12.3 Å². The molecule has 0 amide bonds. The summed E-state index contributed by atoms with van der Waals surface area (Å²) < 4.78 is 20.7. The molecule has 1 aliphatic rings. The summed E-state index contributed by atoms with van der Waals surface area (Å²) in [6.45, 7) is 6.41. The lowest BCUT2D eigenvalue weighted by Crippen LogP contribution is -2.29.